The quantitative estimate of drug-likeness (QED) is 0.114. The number of carbonyl (C=O) groups excluding carboxylic acids is 1. The molecule has 0 radical (unpaired) electrons. The molecular weight excluding hydrogens is 557 g/mol. The summed E-state index contributed by atoms with van der Waals surface area (Å²) in [6.45, 7) is 0. The Morgan fingerprint density at radius 1 is 1.00 bits per heavy atom. The number of para-hydroxylation sites is 2. The Morgan fingerprint density at radius 3 is 2.59 bits per heavy atom. The highest BCUT2D eigenvalue weighted by molar-refractivity contribution is 8.01. The minimum Gasteiger partial charge on any atom is -0.337 e. The largest absolute Gasteiger partial charge is 0.337 e. The molecule has 11 heteroatoms. The van der Waals surface area contributed by atoms with Gasteiger partial charge in [0.2, 0.25) is 0 Å². The van der Waals surface area contributed by atoms with Crippen LogP contribution in [0.4, 0.5) is 11.4 Å². The number of anilines is 1. The Kier molecular flexibility index (Phi) is 6.99. The number of fused-ring (bicyclic) bond motifs is 2. The van der Waals surface area contributed by atoms with Gasteiger partial charge >= 0.3 is 0 Å². The van der Waals surface area contributed by atoms with E-state index in [1.165, 1.54) is 29.2 Å². The predicted molar refractivity (Wildman–Crippen MR) is 161 cm³/mol. The first-order valence-corrected chi connectivity index (χ1v) is 13.9. The summed E-state index contributed by atoms with van der Waals surface area (Å²) in [4.78, 5) is 36.6. The van der Waals surface area contributed by atoms with Gasteiger partial charge in [-0.05, 0) is 60.2 Å². The zero-order valence-electron chi connectivity index (χ0n) is 21.1. The number of nitriles is 1. The third-order valence-electron chi connectivity index (χ3n) is 6.12. The molecule has 0 aliphatic heterocycles. The molecule has 0 fully saturated rings. The third kappa shape index (κ3) is 5.56. The number of rotatable bonds is 7. The van der Waals surface area contributed by atoms with E-state index in [2.05, 4.69) is 26.3 Å². The average Bonchev–Trinajstić information content (AvgIpc) is 3.60. The summed E-state index contributed by atoms with van der Waals surface area (Å²) >= 11 is 2.57. The molecule has 0 atom stereocenters. The van der Waals surface area contributed by atoms with Crippen LogP contribution in [0.15, 0.2) is 100 Å². The van der Waals surface area contributed by atoms with Crippen LogP contribution in [0, 0.1) is 21.4 Å². The normalized spacial score (nSPS) is 11.4. The topological polar surface area (TPSA) is 138 Å². The number of benzene rings is 4. The fourth-order valence-electron chi connectivity index (χ4n) is 4.17. The number of carbonyl (C=O) groups is 1. The van der Waals surface area contributed by atoms with E-state index < -0.39 is 4.92 Å². The highest BCUT2D eigenvalue weighted by Gasteiger charge is 2.18. The molecule has 0 saturated carbocycles. The van der Waals surface area contributed by atoms with E-state index in [1.807, 2.05) is 36.4 Å². The lowest BCUT2D eigenvalue weighted by molar-refractivity contribution is -0.387. The molecule has 2 N–H and O–H groups in total. The number of aromatic amines is 1. The number of imidazole rings is 1. The molecule has 0 saturated heterocycles. The van der Waals surface area contributed by atoms with E-state index in [0.717, 1.165) is 21.3 Å². The molecule has 9 nitrogen and oxygen atoms in total. The van der Waals surface area contributed by atoms with Gasteiger partial charge in [-0.25, -0.2) is 9.97 Å². The van der Waals surface area contributed by atoms with Crippen molar-refractivity contribution in [3.8, 4) is 6.07 Å². The highest BCUT2D eigenvalue weighted by atomic mass is 32.2. The smallest absolute Gasteiger partial charge is 0.283 e. The molecule has 1 amide bonds. The van der Waals surface area contributed by atoms with E-state index in [4.69, 9.17) is 0 Å². The molecule has 0 aliphatic carbocycles. The first-order valence-electron chi connectivity index (χ1n) is 12.3. The second kappa shape index (κ2) is 11.1. The maximum atomic E-state index is 12.5. The number of hydrogen-bond acceptors (Lipinski definition) is 8. The lowest BCUT2D eigenvalue weighted by Gasteiger charge is -2.04. The van der Waals surface area contributed by atoms with Crippen LogP contribution in [0.2, 0.25) is 0 Å². The maximum Gasteiger partial charge on any atom is 0.283 e. The number of H-pyrrole nitrogens is 1. The lowest BCUT2D eigenvalue weighted by atomic mass is 10.1. The number of nitrogens with one attached hydrogen (secondary N) is 2. The van der Waals surface area contributed by atoms with Gasteiger partial charge in [0.25, 0.3) is 11.6 Å². The first kappa shape index (κ1) is 25.9. The van der Waals surface area contributed by atoms with Crippen LogP contribution in [0.5, 0.6) is 0 Å². The number of nitrogens with zero attached hydrogens (tertiary/aromatic N) is 4. The standard InChI is InChI=1S/C30H18N6O3S2/c31-17-20(28-33-22-8-4-5-9-23(22)34-28)14-18-10-13-26(25(15-18)36(38)39)40-30-35-24-12-11-21(16-27(24)41-30)32-29(37)19-6-2-1-3-7-19/h1-16H,(H,32,37)(H,33,34)/b20-14+. The summed E-state index contributed by atoms with van der Waals surface area (Å²) in [6.07, 6.45) is 1.57. The van der Waals surface area contributed by atoms with Crippen LogP contribution in [0.3, 0.4) is 0 Å². The van der Waals surface area contributed by atoms with Crippen LogP contribution in [0.25, 0.3) is 32.9 Å². The van der Waals surface area contributed by atoms with Crippen LogP contribution >= 0.6 is 23.1 Å². The van der Waals surface area contributed by atoms with Gasteiger partial charge in [0.05, 0.1) is 36.6 Å². The van der Waals surface area contributed by atoms with Crippen LogP contribution in [0.1, 0.15) is 21.7 Å². The van der Waals surface area contributed by atoms with Crippen molar-refractivity contribution in [2.45, 2.75) is 9.24 Å². The zero-order chi connectivity index (χ0) is 28.3. The molecular formula is C30H18N6O3S2. The summed E-state index contributed by atoms with van der Waals surface area (Å²) < 4.78 is 1.46. The van der Waals surface area contributed by atoms with Gasteiger partial charge in [0, 0.05) is 17.3 Å². The summed E-state index contributed by atoms with van der Waals surface area (Å²) in [5, 5.41) is 24.6. The fourth-order valence-corrected chi connectivity index (χ4v) is 6.31. The monoisotopic (exact) mass is 574 g/mol. The minimum absolute atomic E-state index is 0.0966. The number of nitro groups is 1. The number of allylic oxidation sites excluding steroid dienone is 1. The molecule has 0 spiro atoms. The Morgan fingerprint density at radius 2 is 1.80 bits per heavy atom. The van der Waals surface area contributed by atoms with Crippen molar-refractivity contribution >= 4 is 73.3 Å². The number of hydrogen-bond donors (Lipinski definition) is 2. The van der Waals surface area contributed by atoms with Crippen molar-refractivity contribution in [3.05, 3.63) is 118 Å². The summed E-state index contributed by atoms with van der Waals surface area (Å²) in [6, 6.07) is 28.7. The number of thiazole rings is 1. The van der Waals surface area contributed by atoms with Gasteiger partial charge in [0.1, 0.15) is 11.9 Å². The Labute approximate surface area is 241 Å². The van der Waals surface area contributed by atoms with Gasteiger partial charge in [0.15, 0.2) is 4.34 Å². The van der Waals surface area contributed by atoms with Gasteiger partial charge in [-0.1, -0.05) is 48.2 Å². The van der Waals surface area contributed by atoms with Crippen molar-refractivity contribution in [1.29, 1.82) is 5.26 Å². The number of nitro benzene ring substituents is 1. The third-order valence-corrected chi connectivity index (χ3v) is 8.26. The van der Waals surface area contributed by atoms with Crippen LogP contribution in [-0.2, 0) is 0 Å². The van der Waals surface area contributed by atoms with E-state index in [1.54, 1.807) is 54.6 Å². The van der Waals surface area contributed by atoms with Gasteiger partial charge in [-0.3, -0.25) is 14.9 Å². The van der Waals surface area contributed by atoms with Crippen molar-refractivity contribution in [2.75, 3.05) is 5.32 Å². The second-order valence-corrected chi connectivity index (χ2v) is 11.2. The summed E-state index contributed by atoms with van der Waals surface area (Å²) in [5.74, 6) is 0.178. The highest BCUT2D eigenvalue weighted by Crippen LogP contribution is 2.40. The van der Waals surface area contributed by atoms with E-state index in [9.17, 15) is 20.2 Å². The summed E-state index contributed by atoms with van der Waals surface area (Å²) in [5.41, 5.74) is 4.09. The lowest BCUT2D eigenvalue weighted by Crippen LogP contribution is -2.11. The van der Waals surface area contributed by atoms with Gasteiger partial charge < -0.3 is 10.3 Å². The molecule has 6 rings (SSSR count). The molecule has 0 bridgehead atoms. The van der Waals surface area contributed by atoms with Crippen molar-refractivity contribution in [1.82, 2.24) is 15.0 Å². The molecule has 6 aromatic rings. The van der Waals surface area contributed by atoms with Crippen molar-refractivity contribution in [3.63, 3.8) is 0 Å². The van der Waals surface area contributed by atoms with Crippen LogP contribution < -0.4 is 5.32 Å². The predicted octanol–water partition coefficient (Wildman–Crippen LogP) is 7.55. The SMILES string of the molecule is N#C/C(=C\c1ccc(Sc2nc3ccc(NC(=O)c4ccccc4)cc3s2)c([N+](=O)[O-])c1)c1nc2ccccc2[nH]1. The minimum atomic E-state index is -0.447. The van der Waals surface area contributed by atoms with Crippen LogP contribution in [-0.4, -0.2) is 25.8 Å². The second-order valence-electron chi connectivity index (χ2n) is 8.84. The molecule has 198 valence electrons. The average molecular weight is 575 g/mol. The molecule has 0 unspecified atom stereocenters. The zero-order valence-corrected chi connectivity index (χ0v) is 22.7. The maximum absolute atomic E-state index is 12.5. The van der Waals surface area contributed by atoms with E-state index in [0.29, 0.717) is 31.9 Å². The van der Waals surface area contributed by atoms with Gasteiger partial charge in [-0.2, -0.15) is 5.26 Å². The van der Waals surface area contributed by atoms with E-state index >= 15 is 0 Å². The van der Waals surface area contributed by atoms with Gasteiger partial charge in [-0.15, -0.1) is 11.3 Å². The number of aromatic nitrogens is 3. The number of amides is 1. The molecule has 2 heterocycles. The van der Waals surface area contributed by atoms with Crippen molar-refractivity contribution < 1.29 is 9.72 Å². The fraction of sp³-hybridized carbons (Fsp3) is 0. The summed E-state index contributed by atoms with van der Waals surface area (Å²) in [7, 11) is 0. The molecule has 4 aromatic carbocycles. The molecule has 0 aliphatic rings. The Hall–Kier alpha value is -5.31. The first-order chi connectivity index (χ1) is 20.0. The molecule has 2 aromatic heterocycles. The Balaban J connectivity index is 1.25. The van der Waals surface area contributed by atoms with E-state index in [-0.39, 0.29) is 17.2 Å². The molecule has 41 heavy (non-hydrogen) atoms. The Bertz CT molecular complexity index is 1990. The van der Waals surface area contributed by atoms with Crippen molar-refractivity contribution in [2.24, 2.45) is 0 Å².